The molecule has 22 heavy (non-hydrogen) atoms. The Morgan fingerprint density at radius 3 is 2.09 bits per heavy atom. The molecule has 0 unspecified atom stereocenters. The van der Waals surface area contributed by atoms with E-state index in [1.807, 2.05) is 0 Å². The molecule has 1 rings (SSSR count). The van der Waals surface area contributed by atoms with Crippen LogP contribution in [0.3, 0.4) is 0 Å². The van der Waals surface area contributed by atoms with Gasteiger partial charge in [0.25, 0.3) is 0 Å². The van der Waals surface area contributed by atoms with Crippen molar-refractivity contribution in [3.05, 3.63) is 35.4 Å². The first-order chi connectivity index (χ1) is 10.5. The predicted molar refractivity (Wildman–Crippen MR) is 97.2 cm³/mol. The Labute approximate surface area is 137 Å². The van der Waals surface area contributed by atoms with E-state index in [0.717, 1.165) is 26.2 Å². The summed E-state index contributed by atoms with van der Waals surface area (Å²) in [6.45, 7) is 12.1. The lowest BCUT2D eigenvalue weighted by Crippen LogP contribution is -2.31. The van der Waals surface area contributed by atoms with Crippen molar-refractivity contribution in [1.29, 1.82) is 0 Å². The van der Waals surface area contributed by atoms with Crippen LogP contribution >= 0.6 is 0 Å². The van der Waals surface area contributed by atoms with E-state index in [0.29, 0.717) is 6.04 Å². The van der Waals surface area contributed by atoms with Gasteiger partial charge in [0, 0.05) is 32.2 Å². The maximum Gasteiger partial charge on any atom is 0.0231 e. The van der Waals surface area contributed by atoms with Crippen LogP contribution in [0.25, 0.3) is 0 Å². The second kappa shape index (κ2) is 10.8. The fourth-order valence-electron chi connectivity index (χ4n) is 2.36. The zero-order chi connectivity index (χ0) is 16.4. The molecule has 3 heteroatoms. The predicted octanol–water partition coefficient (Wildman–Crippen LogP) is 3.35. The standard InChI is InChI=1S/C19H35N3/c1-6-7-12-21(4)13-14-22(5)16-19-10-8-18(9-11-19)15-20-17(2)3/h8-11,17,20H,6-7,12-16H2,1-5H3. The van der Waals surface area contributed by atoms with Gasteiger partial charge < -0.3 is 15.1 Å². The second-order valence-electron chi connectivity index (χ2n) is 6.75. The van der Waals surface area contributed by atoms with Crippen molar-refractivity contribution in [1.82, 2.24) is 15.1 Å². The second-order valence-corrected chi connectivity index (χ2v) is 6.75. The number of unbranched alkanes of at least 4 members (excludes halogenated alkanes) is 1. The Morgan fingerprint density at radius 2 is 1.50 bits per heavy atom. The summed E-state index contributed by atoms with van der Waals surface area (Å²) in [7, 11) is 4.43. The minimum Gasteiger partial charge on any atom is -0.310 e. The molecule has 0 aromatic heterocycles. The van der Waals surface area contributed by atoms with Crippen LogP contribution < -0.4 is 5.32 Å². The molecule has 1 aromatic rings. The normalized spacial score (nSPS) is 11.8. The van der Waals surface area contributed by atoms with E-state index < -0.39 is 0 Å². The SMILES string of the molecule is CCCCN(C)CCN(C)Cc1ccc(CNC(C)C)cc1. The maximum absolute atomic E-state index is 3.46. The third-order valence-corrected chi connectivity index (χ3v) is 3.95. The van der Waals surface area contributed by atoms with E-state index in [9.17, 15) is 0 Å². The van der Waals surface area contributed by atoms with Gasteiger partial charge in [-0.25, -0.2) is 0 Å². The zero-order valence-electron chi connectivity index (χ0n) is 15.2. The van der Waals surface area contributed by atoms with Gasteiger partial charge in [-0.1, -0.05) is 51.5 Å². The Balaban J connectivity index is 2.30. The summed E-state index contributed by atoms with van der Waals surface area (Å²) < 4.78 is 0. The van der Waals surface area contributed by atoms with E-state index in [-0.39, 0.29) is 0 Å². The van der Waals surface area contributed by atoms with Crippen molar-refractivity contribution >= 4 is 0 Å². The Morgan fingerprint density at radius 1 is 0.909 bits per heavy atom. The van der Waals surface area contributed by atoms with Gasteiger partial charge >= 0.3 is 0 Å². The first-order valence-electron chi connectivity index (χ1n) is 8.69. The summed E-state index contributed by atoms with van der Waals surface area (Å²) in [4.78, 5) is 4.84. The highest BCUT2D eigenvalue weighted by Crippen LogP contribution is 2.07. The minimum atomic E-state index is 0.538. The first kappa shape index (κ1) is 19.1. The Hall–Kier alpha value is -0.900. The summed E-state index contributed by atoms with van der Waals surface area (Å²) in [6.07, 6.45) is 2.57. The molecule has 0 amide bonds. The molecule has 1 aromatic carbocycles. The fourth-order valence-corrected chi connectivity index (χ4v) is 2.36. The van der Waals surface area contributed by atoms with Crippen molar-refractivity contribution in [3.63, 3.8) is 0 Å². The third kappa shape index (κ3) is 8.52. The molecule has 1 N–H and O–H groups in total. The van der Waals surface area contributed by atoms with Crippen LogP contribution in [0, 0.1) is 0 Å². The zero-order valence-corrected chi connectivity index (χ0v) is 15.2. The summed E-state index contributed by atoms with van der Waals surface area (Å²) >= 11 is 0. The van der Waals surface area contributed by atoms with E-state index in [2.05, 4.69) is 74.2 Å². The van der Waals surface area contributed by atoms with E-state index in [1.54, 1.807) is 0 Å². The monoisotopic (exact) mass is 305 g/mol. The van der Waals surface area contributed by atoms with Gasteiger partial charge in [-0.15, -0.1) is 0 Å². The molecule has 0 saturated carbocycles. The summed E-state index contributed by atoms with van der Waals surface area (Å²) in [5.41, 5.74) is 2.76. The minimum absolute atomic E-state index is 0.538. The highest BCUT2D eigenvalue weighted by atomic mass is 15.2. The van der Waals surface area contributed by atoms with Crippen molar-refractivity contribution in [2.75, 3.05) is 33.7 Å². The molecular weight excluding hydrogens is 270 g/mol. The molecule has 0 fully saturated rings. The molecule has 0 aliphatic carbocycles. The molecule has 0 radical (unpaired) electrons. The van der Waals surface area contributed by atoms with E-state index in [4.69, 9.17) is 0 Å². The van der Waals surface area contributed by atoms with Crippen molar-refractivity contribution in [2.45, 2.75) is 52.7 Å². The highest BCUT2D eigenvalue weighted by Gasteiger charge is 2.03. The van der Waals surface area contributed by atoms with Crippen molar-refractivity contribution in [3.8, 4) is 0 Å². The van der Waals surface area contributed by atoms with Crippen LogP contribution in [-0.4, -0.2) is 49.6 Å². The molecule has 0 aliphatic rings. The number of rotatable bonds is 11. The number of hydrogen-bond donors (Lipinski definition) is 1. The van der Waals surface area contributed by atoms with Gasteiger partial charge in [-0.2, -0.15) is 0 Å². The van der Waals surface area contributed by atoms with Gasteiger partial charge in [0.15, 0.2) is 0 Å². The smallest absolute Gasteiger partial charge is 0.0231 e. The van der Waals surface area contributed by atoms with Crippen molar-refractivity contribution < 1.29 is 0 Å². The molecule has 0 bridgehead atoms. The van der Waals surface area contributed by atoms with Gasteiger partial charge in [-0.05, 0) is 38.2 Å². The number of likely N-dealkylation sites (N-methyl/N-ethyl adjacent to an activating group) is 2. The number of benzene rings is 1. The summed E-state index contributed by atoms with van der Waals surface area (Å²) in [6, 6.07) is 9.54. The topological polar surface area (TPSA) is 18.5 Å². The average Bonchev–Trinajstić information content (AvgIpc) is 2.50. The van der Waals surface area contributed by atoms with Crippen LogP contribution in [0.15, 0.2) is 24.3 Å². The largest absolute Gasteiger partial charge is 0.310 e. The molecule has 3 nitrogen and oxygen atoms in total. The third-order valence-electron chi connectivity index (χ3n) is 3.95. The number of hydrogen-bond acceptors (Lipinski definition) is 3. The lowest BCUT2D eigenvalue weighted by atomic mass is 10.1. The van der Waals surface area contributed by atoms with Gasteiger partial charge in [0.2, 0.25) is 0 Å². The van der Waals surface area contributed by atoms with E-state index >= 15 is 0 Å². The van der Waals surface area contributed by atoms with Gasteiger partial charge in [0.05, 0.1) is 0 Å². The quantitative estimate of drug-likeness (QED) is 0.676. The first-order valence-corrected chi connectivity index (χ1v) is 8.69. The number of nitrogens with zero attached hydrogens (tertiary/aromatic N) is 2. The van der Waals surface area contributed by atoms with Gasteiger partial charge in [-0.3, -0.25) is 0 Å². The molecule has 126 valence electrons. The van der Waals surface area contributed by atoms with Crippen LogP contribution in [0.5, 0.6) is 0 Å². The van der Waals surface area contributed by atoms with Crippen LogP contribution in [-0.2, 0) is 13.1 Å². The van der Waals surface area contributed by atoms with Crippen LogP contribution in [0.1, 0.15) is 44.7 Å². The Bertz CT molecular complexity index is 386. The van der Waals surface area contributed by atoms with Crippen molar-refractivity contribution in [2.24, 2.45) is 0 Å². The molecule has 0 saturated heterocycles. The molecule has 0 spiro atoms. The fraction of sp³-hybridized carbons (Fsp3) is 0.684. The van der Waals surface area contributed by atoms with Gasteiger partial charge in [0.1, 0.15) is 0 Å². The lowest BCUT2D eigenvalue weighted by molar-refractivity contribution is 0.249. The molecule has 0 aliphatic heterocycles. The average molecular weight is 306 g/mol. The lowest BCUT2D eigenvalue weighted by Gasteiger charge is -2.22. The van der Waals surface area contributed by atoms with E-state index in [1.165, 1.54) is 30.5 Å². The highest BCUT2D eigenvalue weighted by molar-refractivity contribution is 5.22. The number of nitrogens with one attached hydrogen (secondary N) is 1. The maximum atomic E-state index is 3.46. The molecule has 0 atom stereocenters. The summed E-state index contributed by atoms with van der Waals surface area (Å²) in [5, 5.41) is 3.46. The Kier molecular flexibility index (Phi) is 9.37. The van der Waals surface area contributed by atoms with Crippen LogP contribution in [0.4, 0.5) is 0 Å². The van der Waals surface area contributed by atoms with Crippen LogP contribution in [0.2, 0.25) is 0 Å². The molecular formula is C19H35N3. The summed E-state index contributed by atoms with van der Waals surface area (Å²) in [5.74, 6) is 0. The molecule has 0 heterocycles.